The fourth-order valence-electron chi connectivity index (χ4n) is 3.57. The Bertz CT molecular complexity index is 947. The van der Waals surface area contributed by atoms with Crippen molar-refractivity contribution in [2.75, 3.05) is 25.0 Å². The number of nitrogens with zero attached hydrogens (tertiary/aromatic N) is 1. The summed E-state index contributed by atoms with van der Waals surface area (Å²) in [5.41, 5.74) is 3.62. The van der Waals surface area contributed by atoms with E-state index < -0.39 is 0 Å². The smallest absolute Gasteiger partial charge is 0.251 e. The molecule has 4 N–H and O–H groups in total. The lowest BCUT2D eigenvalue weighted by Crippen LogP contribution is -2.40. The maximum atomic E-state index is 12.2. The third kappa shape index (κ3) is 7.22. The van der Waals surface area contributed by atoms with E-state index in [0.29, 0.717) is 37.6 Å². The average molecular weight is 549 g/mol. The Morgan fingerprint density at radius 1 is 1.09 bits per heavy atom. The lowest BCUT2D eigenvalue weighted by atomic mass is 9.90. The molecule has 0 fully saturated rings. The van der Waals surface area contributed by atoms with Crippen molar-refractivity contribution in [1.29, 1.82) is 0 Å². The summed E-state index contributed by atoms with van der Waals surface area (Å²) in [6.45, 7) is 6.49. The minimum absolute atomic E-state index is 0. The summed E-state index contributed by atoms with van der Waals surface area (Å²) in [7, 11) is 0. The standard InChI is InChI=1S/C24H31N5O2.HI/c1-3-12-26-23(31)18-9-7-8-17(13-18)15-27-24(25-4-2)28-16-19-14-22(30)29-21-11-6-5-10-20(19)21;/h5-11,13,19H,3-4,12,14-16H2,1-2H3,(H,26,31)(H,29,30)(H2,25,27,28);1H. The zero-order chi connectivity index (χ0) is 22.1. The van der Waals surface area contributed by atoms with E-state index >= 15 is 0 Å². The molecule has 1 atom stereocenters. The highest BCUT2D eigenvalue weighted by atomic mass is 127. The SMILES string of the molecule is CCCNC(=O)c1cccc(CN=C(NCC)NCC2CC(=O)Nc3ccccc32)c1.I. The van der Waals surface area contributed by atoms with Crippen molar-refractivity contribution in [2.45, 2.75) is 39.2 Å². The predicted octanol–water partition coefficient (Wildman–Crippen LogP) is 3.63. The number of nitrogens with one attached hydrogen (secondary N) is 4. The third-order valence-corrected chi connectivity index (χ3v) is 5.11. The van der Waals surface area contributed by atoms with Crippen LogP contribution in [0.2, 0.25) is 0 Å². The fraction of sp³-hybridized carbons (Fsp3) is 0.375. The number of anilines is 1. The van der Waals surface area contributed by atoms with Crippen LogP contribution in [-0.2, 0) is 11.3 Å². The Morgan fingerprint density at radius 2 is 1.91 bits per heavy atom. The van der Waals surface area contributed by atoms with Crippen molar-refractivity contribution in [3.05, 3.63) is 65.2 Å². The summed E-state index contributed by atoms with van der Waals surface area (Å²) in [5.74, 6) is 0.740. The first-order valence-electron chi connectivity index (χ1n) is 10.9. The number of para-hydroxylation sites is 1. The van der Waals surface area contributed by atoms with Gasteiger partial charge in [-0.1, -0.05) is 37.3 Å². The van der Waals surface area contributed by atoms with Crippen molar-refractivity contribution >= 4 is 47.4 Å². The Hall–Kier alpha value is -2.62. The molecule has 0 radical (unpaired) electrons. The maximum Gasteiger partial charge on any atom is 0.251 e. The molecule has 32 heavy (non-hydrogen) atoms. The number of benzene rings is 2. The molecule has 0 aromatic heterocycles. The Balaban J connectivity index is 0.00000363. The first-order chi connectivity index (χ1) is 15.1. The van der Waals surface area contributed by atoms with Crippen molar-refractivity contribution in [2.24, 2.45) is 4.99 Å². The Kier molecular flexibility index (Phi) is 10.5. The van der Waals surface area contributed by atoms with E-state index in [0.717, 1.165) is 29.8 Å². The first-order valence-corrected chi connectivity index (χ1v) is 10.9. The number of rotatable bonds is 8. The Morgan fingerprint density at radius 3 is 2.69 bits per heavy atom. The van der Waals surface area contributed by atoms with Crippen LogP contribution < -0.4 is 21.3 Å². The minimum atomic E-state index is -0.0630. The van der Waals surface area contributed by atoms with Gasteiger partial charge in [-0.15, -0.1) is 24.0 Å². The zero-order valence-electron chi connectivity index (χ0n) is 18.6. The van der Waals surface area contributed by atoms with E-state index in [-0.39, 0.29) is 41.7 Å². The molecule has 0 spiro atoms. The molecule has 1 aliphatic rings. The monoisotopic (exact) mass is 549 g/mol. The second kappa shape index (κ2) is 13.0. The van der Waals surface area contributed by atoms with Crippen LogP contribution in [0.25, 0.3) is 0 Å². The summed E-state index contributed by atoms with van der Waals surface area (Å²) in [5, 5.41) is 12.4. The van der Waals surface area contributed by atoms with Gasteiger partial charge in [-0.3, -0.25) is 9.59 Å². The largest absolute Gasteiger partial charge is 0.357 e. The maximum absolute atomic E-state index is 12.2. The van der Waals surface area contributed by atoms with Gasteiger partial charge in [0.15, 0.2) is 5.96 Å². The third-order valence-electron chi connectivity index (χ3n) is 5.11. The van der Waals surface area contributed by atoms with Crippen molar-refractivity contribution in [3.63, 3.8) is 0 Å². The molecule has 0 aliphatic carbocycles. The highest BCUT2D eigenvalue weighted by molar-refractivity contribution is 14.0. The van der Waals surface area contributed by atoms with Crippen LogP contribution >= 0.6 is 24.0 Å². The predicted molar refractivity (Wildman–Crippen MR) is 140 cm³/mol. The molecule has 0 bridgehead atoms. The van der Waals surface area contributed by atoms with Gasteiger partial charge in [0.1, 0.15) is 0 Å². The summed E-state index contributed by atoms with van der Waals surface area (Å²) in [6, 6.07) is 15.4. The van der Waals surface area contributed by atoms with Crippen LogP contribution in [0.3, 0.4) is 0 Å². The number of hydrogen-bond donors (Lipinski definition) is 4. The number of halogens is 1. The number of guanidine groups is 1. The van der Waals surface area contributed by atoms with E-state index in [1.54, 1.807) is 0 Å². The van der Waals surface area contributed by atoms with Gasteiger partial charge in [0.25, 0.3) is 5.91 Å². The molecule has 0 saturated carbocycles. The Labute approximate surface area is 206 Å². The van der Waals surface area contributed by atoms with Gasteiger partial charge in [-0.2, -0.15) is 0 Å². The van der Waals surface area contributed by atoms with E-state index in [4.69, 9.17) is 0 Å². The van der Waals surface area contributed by atoms with Gasteiger partial charge >= 0.3 is 0 Å². The molecule has 2 aromatic carbocycles. The summed E-state index contributed by atoms with van der Waals surface area (Å²) >= 11 is 0. The molecule has 7 nitrogen and oxygen atoms in total. The first kappa shape index (κ1) is 25.6. The highest BCUT2D eigenvalue weighted by Crippen LogP contribution is 2.31. The molecular formula is C24H32IN5O2. The average Bonchev–Trinajstić information content (AvgIpc) is 2.79. The van der Waals surface area contributed by atoms with Crippen LogP contribution in [0.4, 0.5) is 5.69 Å². The van der Waals surface area contributed by atoms with E-state index in [9.17, 15) is 9.59 Å². The highest BCUT2D eigenvalue weighted by Gasteiger charge is 2.24. The van der Waals surface area contributed by atoms with E-state index in [1.165, 1.54) is 0 Å². The zero-order valence-corrected chi connectivity index (χ0v) is 20.9. The molecule has 1 unspecified atom stereocenters. The van der Waals surface area contributed by atoms with Gasteiger partial charge in [-0.05, 0) is 42.7 Å². The molecular weight excluding hydrogens is 517 g/mol. The summed E-state index contributed by atoms with van der Waals surface area (Å²) < 4.78 is 0. The quantitative estimate of drug-likeness (QED) is 0.230. The van der Waals surface area contributed by atoms with E-state index in [1.807, 2.05) is 56.3 Å². The molecule has 1 heterocycles. The second-order valence-electron chi connectivity index (χ2n) is 7.57. The number of fused-ring (bicyclic) bond motifs is 1. The van der Waals surface area contributed by atoms with Crippen LogP contribution in [0.5, 0.6) is 0 Å². The number of aliphatic imine (C=N–C) groups is 1. The minimum Gasteiger partial charge on any atom is -0.357 e. The second-order valence-corrected chi connectivity index (χ2v) is 7.57. The number of hydrogen-bond acceptors (Lipinski definition) is 3. The molecule has 3 rings (SSSR count). The molecule has 172 valence electrons. The lowest BCUT2D eigenvalue weighted by molar-refractivity contribution is -0.116. The fourth-order valence-corrected chi connectivity index (χ4v) is 3.57. The normalized spacial score (nSPS) is 15.1. The van der Waals surface area contributed by atoms with Gasteiger partial charge in [0.2, 0.25) is 5.91 Å². The van der Waals surface area contributed by atoms with Crippen molar-refractivity contribution < 1.29 is 9.59 Å². The van der Waals surface area contributed by atoms with Crippen molar-refractivity contribution in [3.8, 4) is 0 Å². The van der Waals surface area contributed by atoms with Crippen LogP contribution in [0.15, 0.2) is 53.5 Å². The van der Waals surface area contributed by atoms with Crippen molar-refractivity contribution in [1.82, 2.24) is 16.0 Å². The summed E-state index contributed by atoms with van der Waals surface area (Å²) in [4.78, 5) is 28.9. The van der Waals surface area contributed by atoms with Gasteiger partial charge in [0.05, 0.1) is 6.54 Å². The lowest BCUT2D eigenvalue weighted by Gasteiger charge is -2.26. The summed E-state index contributed by atoms with van der Waals surface area (Å²) in [6.07, 6.45) is 1.35. The van der Waals surface area contributed by atoms with Crippen LogP contribution in [0.1, 0.15) is 54.1 Å². The number of carbonyl (C=O) groups excluding carboxylic acids is 2. The molecule has 0 saturated heterocycles. The number of amides is 2. The van der Waals surface area contributed by atoms with E-state index in [2.05, 4.69) is 32.3 Å². The van der Waals surface area contributed by atoms with Gasteiger partial charge in [-0.25, -0.2) is 4.99 Å². The number of carbonyl (C=O) groups is 2. The molecule has 8 heteroatoms. The topological polar surface area (TPSA) is 94.6 Å². The molecule has 2 amide bonds. The van der Waals surface area contributed by atoms with Gasteiger partial charge in [0, 0.05) is 43.2 Å². The van der Waals surface area contributed by atoms with Gasteiger partial charge < -0.3 is 21.3 Å². The molecule has 2 aromatic rings. The molecule has 1 aliphatic heterocycles. The van der Waals surface area contributed by atoms with Crippen LogP contribution in [-0.4, -0.2) is 37.4 Å². The van der Waals surface area contributed by atoms with Crippen LogP contribution in [0, 0.1) is 0 Å².